The Labute approximate surface area is 188 Å². The minimum absolute atomic E-state index is 0.253. The van der Waals surface area contributed by atoms with Crippen LogP contribution in [0.2, 0.25) is 0 Å². The lowest BCUT2D eigenvalue weighted by Gasteiger charge is -2.07. The van der Waals surface area contributed by atoms with E-state index in [1.165, 1.54) is 0 Å². The highest BCUT2D eigenvalue weighted by Gasteiger charge is 2.24. The van der Waals surface area contributed by atoms with E-state index in [4.69, 9.17) is 14.2 Å². The van der Waals surface area contributed by atoms with Gasteiger partial charge in [-0.25, -0.2) is 9.79 Å². The minimum atomic E-state index is -0.473. The summed E-state index contributed by atoms with van der Waals surface area (Å²) in [5, 5.41) is 0. The monoisotopic (exact) mass is 427 g/mol. The Kier molecular flexibility index (Phi) is 6.98. The van der Waals surface area contributed by atoms with Gasteiger partial charge in [-0.3, -0.25) is 0 Å². The molecule has 0 saturated carbocycles. The summed E-state index contributed by atoms with van der Waals surface area (Å²) >= 11 is 0. The smallest absolute Gasteiger partial charge is 0.363 e. The molecule has 1 heterocycles. The molecule has 0 amide bonds. The van der Waals surface area contributed by atoms with Crippen molar-refractivity contribution in [3.63, 3.8) is 0 Å². The van der Waals surface area contributed by atoms with Gasteiger partial charge in [-0.05, 0) is 60.0 Å². The molecule has 0 aliphatic carbocycles. The van der Waals surface area contributed by atoms with Crippen molar-refractivity contribution in [2.24, 2.45) is 4.99 Å². The van der Waals surface area contributed by atoms with Crippen LogP contribution in [0.1, 0.15) is 36.5 Å². The lowest BCUT2D eigenvalue weighted by atomic mass is 10.2. The zero-order valence-electron chi connectivity index (χ0n) is 18.0. The number of unbranched alkanes of at least 4 members (excludes halogenated alkanes) is 1. The van der Waals surface area contributed by atoms with E-state index >= 15 is 0 Å². The summed E-state index contributed by atoms with van der Waals surface area (Å²) in [7, 11) is 0. The number of benzene rings is 3. The molecule has 0 N–H and O–H groups in total. The predicted octanol–water partition coefficient (Wildman–Crippen LogP) is 5.79. The van der Waals surface area contributed by atoms with Gasteiger partial charge in [0.15, 0.2) is 5.70 Å². The molecule has 0 spiro atoms. The molecule has 5 nitrogen and oxygen atoms in total. The number of cyclic esters (lactones) is 1. The zero-order valence-corrected chi connectivity index (χ0v) is 18.0. The van der Waals surface area contributed by atoms with Gasteiger partial charge in [-0.1, -0.05) is 55.8 Å². The van der Waals surface area contributed by atoms with Crippen LogP contribution in [0.4, 0.5) is 0 Å². The highest BCUT2D eigenvalue weighted by atomic mass is 16.6. The Hall–Kier alpha value is -3.86. The largest absolute Gasteiger partial charge is 0.494 e. The van der Waals surface area contributed by atoms with Gasteiger partial charge in [-0.2, -0.15) is 0 Å². The third kappa shape index (κ3) is 5.64. The first-order chi connectivity index (χ1) is 15.7. The van der Waals surface area contributed by atoms with Crippen LogP contribution in [0.25, 0.3) is 6.08 Å². The van der Waals surface area contributed by atoms with Crippen molar-refractivity contribution < 1.29 is 19.0 Å². The number of nitrogens with zero attached hydrogens (tertiary/aromatic N) is 1. The highest BCUT2D eigenvalue weighted by molar-refractivity contribution is 6.12. The van der Waals surface area contributed by atoms with Crippen molar-refractivity contribution in [1.29, 1.82) is 0 Å². The van der Waals surface area contributed by atoms with Gasteiger partial charge < -0.3 is 14.2 Å². The molecule has 32 heavy (non-hydrogen) atoms. The van der Waals surface area contributed by atoms with Gasteiger partial charge in [0.1, 0.15) is 18.1 Å². The van der Waals surface area contributed by atoms with Crippen LogP contribution in [0.3, 0.4) is 0 Å². The molecule has 0 unspecified atom stereocenters. The topological polar surface area (TPSA) is 57.1 Å². The molecular weight excluding hydrogens is 402 g/mol. The molecule has 162 valence electrons. The van der Waals surface area contributed by atoms with Crippen LogP contribution in [-0.2, 0) is 16.1 Å². The van der Waals surface area contributed by atoms with Gasteiger partial charge in [0, 0.05) is 5.56 Å². The summed E-state index contributed by atoms with van der Waals surface area (Å²) in [6, 6.07) is 24.9. The average molecular weight is 428 g/mol. The quantitative estimate of drug-likeness (QED) is 0.246. The predicted molar refractivity (Wildman–Crippen MR) is 125 cm³/mol. The molecule has 1 aliphatic heterocycles. The summed E-state index contributed by atoms with van der Waals surface area (Å²) < 4.78 is 16.9. The molecular formula is C27H25NO4. The Morgan fingerprint density at radius 1 is 0.906 bits per heavy atom. The first-order valence-electron chi connectivity index (χ1n) is 10.7. The third-order valence-electron chi connectivity index (χ3n) is 4.90. The standard InChI is InChI=1S/C27H25NO4/c1-2-3-16-30-23-14-12-22(13-15-23)26-28-25(27(29)32-26)18-21-10-7-11-24(17-21)31-19-20-8-5-4-6-9-20/h4-15,17-18H,2-3,16,19H2,1H3. The Morgan fingerprint density at radius 2 is 1.72 bits per heavy atom. The van der Waals surface area contributed by atoms with Crippen LogP contribution in [-0.4, -0.2) is 18.5 Å². The van der Waals surface area contributed by atoms with E-state index in [1.54, 1.807) is 6.08 Å². The summed E-state index contributed by atoms with van der Waals surface area (Å²) in [5.41, 5.74) is 2.88. The van der Waals surface area contributed by atoms with E-state index in [9.17, 15) is 4.79 Å². The Bertz CT molecular complexity index is 1120. The number of rotatable bonds is 9. The lowest BCUT2D eigenvalue weighted by Crippen LogP contribution is -2.05. The third-order valence-corrected chi connectivity index (χ3v) is 4.90. The summed E-state index contributed by atoms with van der Waals surface area (Å²) in [6.45, 7) is 3.29. The van der Waals surface area contributed by atoms with Crippen molar-refractivity contribution in [3.05, 3.63) is 101 Å². The molecule has 0 fully saturated rings. The Morgan fingerprint density at radius 3 is 2.50 bits per heavy atom. The van der Waals surface area contributed by atoms with Crippen LogP contribution in [0, 0.1) is 0 Å². The second kappa shape index (κ2) is 10.4. The van der Waals surface area contributed by atoms with Crippen LogP contribution in [0.15, 0.2) is 89.6 Å². The van der Waals surface area contributed by atoms with Crippen molar-refractivity contribution in [2.45, 2.75) is 26.4 Å². The fraction of sp³-hybridized carbons (Fsp3) is 0.185. The molecule has 3 aromatic carbocycles. The average Bonchev–Trinajstić information content (AvgIpc) is 3.19. The SMILES string of the molecule is CCCCOc1ccc(C2=NC(=Cc3cccc(OCc4ccccc4)c3)C(=O)O2)cc1. The molecule has 0 aromatic heterocycles. The number of esters is 1. The summed E-state index contributed by atoms with van der Waals surface area (Å²) in [5.74, 6) is 1.32. The van der Waals surface area contributed by atoms with E-state index in [-0.39, 0.29) is 11.6 Å². The molecule has 5 heteroatoms. The van der Waals surface area contributed by atoms with Crippen molar-refractivity contribution >= 4 is 17.9 Å². The molecule has 1 aliphatic rings. The normalized spacial score (nSPS) is 14.2. The maximum Gasteiger partial charge on any atom is 0.363 e. The molecule has 3 aromatic rings. The van der Waals surface area contributed by atoms with Gasteiger partial charge in [-0.15, -0.1) is 0 Å². The van der Waals surface area contributed by atoms with E-state index in [1.807, 2.05) is 78.9 Å². The molecule has 0 radical (unpaired) electrons. The van der Waals surface area contributed by atoms with Crippen LogP contribution >= 0.6 is 0 Å². The summed E-state index contributed by atoms with van der Waals surface area (Å²) in [4.78, 5) is 16.7. The zero-order chi connectivity index (χ0) is 22.2. The number of hydrogen-bond donors (Lipinski definition) is 0. The fourth-order valence-corrected chi connectivity index (χ4v) is 3.15. The maximum absolute atomic E-state index is 12.3. The van der Waals surface area contributed by atoms with Gasteiger partial charge >= 0.3 is 5.97 Å². The second-order valence-electron chi connectivity index (χ2n) is 7.41. The van der Waals surface area contributed by atoms with Crippen molar-refractivity contribution in [3.8, 4) is 11.5 Å². The van der Waals surface area contributed by atoms with Gasteiger partial charge in [0.05, 0.1) is 6.61 Å². The molecule has 0 bridgehead atoms. The van der Waals surface area contributed by atoms with E-state index < -0.39 is 5.97 Å². The first kappa shape index (κ1) is 21.4. The number of hydrogen-bond acceptors (Lipinski definition) is 5. The summed E-state index contributed by atoms with van der Waals surface area (Å²) in [6.07, 6.45) is 3.80. The number of ether oxygens (including phenoxy) is 3. The molecule has 0 saturated heterocycles. The van der Waals surface area contributed by atoms with E-state index in [0.717, 1.165) is 41.0 Å². The minimum Gasteiger partial charge on any atom is -0.494 e. The van der Waals surface area contributed by atoms with Crippen molar-refractivity contribution in [2.75, 3.05) is 6.61 Å². The van der Waals surface area contributed by atoms with E-state index in [2.05, 4.69) is 11.9 Å². The fourth-order valence-electron chi connectivity index (χ4n) is 3.15. The lowest BCUT2D eigenvalue weighted by molar-refractivity contribution is -0.129. The molecule has 4 rings (SSSR count). The van der Waals surface area contributed by atoms with Crippen LogP contribution in [0.5, 0.6) is 11.5 Å². The second-order valence-corrected chi connectivity index (χ2v) is 7.41. The highest BCUT2D eigenvalue weighted by Crippen LogP contribution is 2.23. The van der Waals surface area contributed by atoms with Gasteiger partial charge in [0.2, 0.25) is 5.90 Å². The van der Waals surface area contributed by atoms with E-state index in [0.29, 0.717) is 13.2 Å². The number of aliphatic imine (C=N–C) groups is 1. The molecule has 0 atom stereocenters. The Balaban J connectivity index is 1.44. The van der Waals surface area contributed by atoms with Gasteiger partial charge in [0.25, 0.3) is 0 Å². The maximum atomic E-state index is 12.3. The number of carbonyl (C=O) groups is 1. The first-order valence-corrected chi connectivity index (χ1v) is 10.7. The van der Waals surface area contributed by atoms with Crippen LogP contribution < -0.4 is 9.47 Å². The van der Waals surface area contributed by atoms with Crippen molar-refractivity contribution in [1.82, 2.24) is 0 Å². The number of carbonyl (C=O) groups excluding carboxylic acids is 1.